The fraction of sp³-hybridized carbons (Fsp3) is 0.588. The van der Waals surface area contributed by atoms with Gasteiger partial charge in [-0.25, -0.2) is 8.42 Å². The molecule has 0 unspecified atom stereocenters. The van der Waals surface area contributed by atoms with Gasteiger partial charge in [-0.3, -0.25) is 9.10 Å². The summed E-state index contributed by atoms with van der Waals surface area (Å²) >= 11 is 0. The van der Waals surface area contributed by atoms with Gasteiger partial charge in [0.15, 0.2) is 6.10 Å². The van der Waals surface area contributed by atoms with Gasteiger partial charge in [0.05, 0.1) is 11.9 Å². The van der Waals surface area contributed by atoms with Gasteiger partial charge in [-0.15, -0.1) is 0 Å². The summed E-state index contributed by atoms with van der Waals surface area (Å²) < 4.78 is 30.0. The van der Waals surface area contributed by atoms with Gasteiger partial charge in [0.2, 0.25) is 10.0 Å². The van der Waals surface area contributed by atoms with E-state index in [1.807, 2.05) is 4.90 Å². The number of anilines is 1. The monoisotopic (exact) mass is 354 g/mol. The van der Waals surface area contributed by atoms with Crippen LogP contribution < -0.4 is 9.04 Å². The van der Waals surface area contributed by atoms with Gasteiger partial charge in [0.25, 0.3) is 5.91 Å². The van der Waals surface area contributed by atoms with Crippen LogP contribution >= 0.6 is 0 Å². The number of benzene rings is 1. The molecular weight excluding hydrogens is 328 g/mol. The summed E-state index contributed by atoms with van der Waals surface area (Å²) in [6, 6.07) is 6.68. The number of carbonyl (C=O) groups is 1. The molecule has 24 heavy (non-hydrogen) atoms. The van der Waals surface area contributed by atoms with Crippen molar-refractivity contribution >= 4 is 21.6 Å². The number of hydrogen-bond donors (Lipinski definition) is 0. The molecule has 0 radical (unpaired) electrons. The minimum Gasteiger partial charge on any atom is -0.481 e. The van der Waals surface area contributed by atoms with Gasteiger partial charge >= 0.3 is 0 Å². The van der Waals surface area contributed by atoms with E-state index in [1.54, 1.807) is 31.2 Å². The number of likely N-dealkylation sites (tertiary alicyclic amines) is 1. The predicted octanol–water partition coefficient (Wildman–Crippen LogP) is 2.11. The van der Waals surface area contributed by atoms with Crippen LogP contribution in [0.3, 0.4) is 0 Å². The van der Waals surface area contributed by atoms with Crippen LogP contribution in [0.5, 0.6) is 5.75 Å². The van der Waals surface area contributed by atoms with Gasteiger partial charge < -0.3 is 9.64 Å². The number of amides is 1. The van der Waals surface area contributed by atoms with Crippen molar-refractivity contribution in [3.8, 4) is 5.75 Å². The van der Waals surface area contributed by atoms with Crippen molar-refractivity contribution in [2.75, 3.05) is 30.7 Å². The van der Waals surface area contributed by atoms with E-state index in [-0.39, 0.29) is 5.91 Å². The molecule has 1 amide bonds. The first-order valence-corrected chi connectivity index (χ1v) is 10.0. The van der Waals surface area contributed by atoms with E-state index in [0.717, 1.165) is 32.2 Å². The summed E-state index contributed by atoms with van der Waals surface area (Å²) in [5.41, 5.74) is 0.550. The largest absolute Gasteiger partial charge is 0.481 e. The van der Waals surface area contributed by atoms with Crippen LogP contribution in [-0.4, -0.2) is 51.7 Å². The highest BCUT2D eigenvalue weighted by Crippen LogP contribution is 2.22. The van der Waals surface area contributed by atoms with Crippen LogP contribution in [0.4, 0.5) is 5.69 Å². The summed E-state index contributed by atoms with van der Waals surface area (Å²) in [6.07, 6.45) is 2.66. The summed E-state index contributed by atoms with van der Waals surface area (Å²) in [5.74, 6) is 1.22. The molecule has 0 saturated carbocycles. The molecule has 2 rings (SSSR count). The van der Waals surface area contributed by atoms with E-state index in [9.17, 15) is 13.2 Å². The highest BCUT2D eigenvalue weighted by Gasteiger charge is 2.25. The molecular formula is C17H26N2O4S. The van der Waals surface area contributed by atoms with Crippen molar-refractivity contribution in [2.24, 2.45) is 5.92 Å². The number of sulfonamides is 1. The van der Waals surface area contributed by atoms with Crippen LogP contribution in [0.25, 0.3) is 0 Å². The predicted molar refractivity (Wildman–Crippen MR) is 94.8 cm³/mol. The third-order valence-corrected chi connectivity index (χ3v) is 5.66. The zero-order chi connectivity index (χ0) is 17.9. The quantitative estimate of drug-likeness (QED) is 0.812. The summed E-state index contributed by atoms with van der Waals surface area (Å²) in [7, 11) is -1.80. The van der Waals surface area contributed by atoms with E-state index in [0.29, 0.717) is 17.4 Å². The molecule has 1 aromatic rings. The average Bonchev–Trinajstić information content (AvgIpc) is 2.54. The van der Waals surface area contributed by atoms with E-state index in [4.69, 9.17) is 4.74 Å². The van der Waals surface area contributed by atoms with Crippen molar-refractivity contribution in [3.63, 3.8) is 0 Å². The maximum Gasteiger partial charge on any atom is 0.263 e. The Morgan fingerprint density at radius 2 is 1.79 bits per heavy atom. The van der Waals surface area contributed by atoms with Crippen LogP contribution in [0.2, 0.25) is 0 Å². The normalized spacial score (nSPS) is 17.4. The molecule has 134 valence electrons. The smallest absolute Gasteiger partial charge is 0.263 e. The van der Waals surface area contributed by atoms with Crippen molar-refractivity contribution in [1.29, 1.82) is 0 Å². The molecule has 0 bridgehead atoms. The molecule has 0 N–H and O–H groups in total. The molecule has 1 heterocycles. The standard InChI is InChI=1S/C17H26N2O4S/c1-13-9-11-19(12-10-13)17(20)14(2)23-16-7-5-15(6-8-16)18(3)24(4,21)22/h5-8,13-14H,9-12H2,1-4H3/t14-/m0/s1. The van der Waals surface area contributed by atoms with Crippen LogP contribution in [-0.2, 0) is 14.8 Å². The highest BCUT2D eigenvalue weighted by atomic mass is 32.2. The molecule has 1 saturated heterocycles. The topological polar surface area (TPSA) is 66.9 Å². The van der Waals surface area contributed by atoms with Gasteiger partial charge in [-0.1, -0.05) is 6.92 Å². The molecule has 0 spiro atoms. The van der Waals surface area contributed by atoms with Gasteiger partial charge in [-0.2, -0.15) is 0 Å². The maximum absolute atomic E-state index is 12.4. The lowest BCUT2D eigenvalue weighted by Gasteiger charge is -2.32. The Bertz CT molecular complexity index is 664. The Balaban J connectivity index is 1.96. The molecule has 1 aliphatic rings. The van der Waals surface area contributed by atoms with E-state index in [1.165, 1.54) is 11.4 Å². The third kappa shape index (κ3) is 4.63. The second kappa shape index (κ2) is 7.42. The highest BCUT2D eigenvalue weighted by molar-refractivity contribution is 7.92. The van der Waals surface area contributed by atoms with Crippen LogP contribution in [0, 0.1) is 5.92 Å². The molecule has 1 fully saturated rings. The Morgan fingerprint density at radius 1 is 1.25 bits per heavy atom. The fourth-order valence-corrected chi connectivity index (χ4v) is 3.17. The second-order valence-corrected chi connectivity index (χ2v) is 8.51. The van der Waals surface area contributed by atoms with Crippen molar-refractivity contribution in [2.45, 2.75) is 32.8 Å². The fourth-order valence-electron chi connectivity index (χ4n) is 2.67. The van der Waals surface area contributed by atoms with Gasteiger partial charge in [-0.05, 0) is 49.9 Å². The molecule has 0 aromatic heterocycles. The SMILES string of the molecule is CC1CCN(C(=O)[C@H](C)Oc2ccc(N(C)S(C)(=O)=O)cc2)CC1. The first-order valence-electron chi connectivity index (χ1n) is 8.18. The number of piperidine rings is 1. The summed E-state index contributed by atoms with van der Waals surface area (Å²) in [4.78, 5) is 14.3. The molecule has 0 aliphatic carbocycles. The summed E-state index contributed by atoms with van der Waals surface area (Å²) in [6.45, 7) is 5.52. The Morgan fingerprint density at radius 3 is 2.29 bits per heavy atom. The van der Waals surface area contributed by atoms with Crippen LogP contribution in [0.15, 0.2) is 24.3 Å². The number of carbonyl (C=O) groups excluding carboxylic acids is 1. The van der Waals surface area contributed by atoms with E-state index >= 15 is 0 Å². The zero-order valence-electron chi connectivity index (χ0n) is 14.7. The minimum atomic E-state index is -3.29. The lowest BCUT2D eigenvalue weighted by atomic mass is 9.99. The molecule has 7 heteroatoms. The maximum atomic E-state index is 12.4. The lowest BCUT2D eigenvalue weighted by Crippen LogP contribution is -2.44. The van der Waals surface area contributed by atoms with Crippen molar-refractivity contribution in [1.82, 2.24) is 4.90 Å². The third-order valence-electron chi connectivity index (χ3n) is 4.45. The Kier molecular flexibility index (Phi) is 5.74. The first-order chi connectivity index (χ1) is 11.2. The lowest BCUT2D eigenvalue weighted by molar-refractivity contribution is -0.139. The number of hydrogen-bond acceptors (Lipinski definition) is 4. The van der Waals surface area contributed by atoms with E-state index < -0.39 is 16.1 Å². The van der Waals surface area contributed by atoms with Gasteiger partial charge in [0, 0.05) is 20.1 Å². The summed E-state index contributed by atoms with van der Waals surface area (Å²) in [5, 5.41) is 0. The van der Waals surface area contributed by atoms with Crippen molar-refractivity contribution in [3.05, 3.63) is 24.3 Å². The Hall–Kier alpha value is -1.76. The van der Waals surface area contributed by atoms with E-state index in [2.05, 4.69) is 6.92 Å². The van der Waals surface area contributed by atoms with Crippen molar-refractivity contribution < 1.29 is 17.9 Å². The van der Waals surface area contributed by atoms with Gasteiger partial charge in [0.1, 0.15) is 5.75 Å². The molecule has 1 aromatic carbocycles. The second-order valence-electron chi connectivity index (χ2n) is 6.49. The average molecular weight is 354 g/mol. The number of nitrogens with zero attached hydrogens (tertiary/aromatic N) is 2. The number of ether oxygens (including phenoxy) is 1. The minimum absolute atomic E-state index is 0.000712. The number of rotatable bonds is 5. The molecule has 6 nitrogen and oxygen atoms in total. The zero-order valence-corrected chi connectivity index (χ0v) is 15.5. The molecule has 1 aliphatic heterocycles. The van der Waals surface area contributed by atoms with Crippen LogP contribution in [0.1, 0.15) is 26.7 Å². The molecule has 1 atom stereocenters. The first kappa shape index (κ1) is 18.6. The Labute approximate surface area is 144 Å².